The van der Waals surface area contributed by atoms with Crippen molar-refractivity contribution in [2.24, 2.45) is 0 Å². The minimum atomic E-state index is -4.05. The van der Waals surface area contributed by atoms with Crippen molar-refractivity contribution in [3.05, 3.63) is 65.9 Å². The Morgan fingerprint density at radius 1 is 1.04 bits per heavy atom. The van der Waals surface area contributed by atoms with E-state index < -0.39 is 16.0 Å². The molecule has 0 amide bonds. The van der Waals surface area contributed by atoms with Crippen LogP contribution in [0.15, 0.2) is 59.5 Å². The number of methoxy groups -OCH3 is 1. The quantitative estimate of drug-likeness (QED) is 0.537. The van der Waals surface area contributed by atoms with Crippen LogP contribution in [0.2, 0.25) is 0 Å². The van der Waals surface area contributed by atoms with E-state index in [4.69, 9.17) is 4.74 Å². The lowest BCUT2D eigenvalue weighted by Crippen LogP contribution is -2.17. The normalized spacial score (nSPS) is 11.4. The Labute approximate surface area is 138 Å². The molecule has 3 rings (SSSR count). The van der Waals surface area contributed by atoms with Crippen molar-refractivity contribution in [2.45, 2.75) is 4.90 Å². The molecule has 0 aliphatic rings. The van der Waals surface area contributed by atoms with Crippen molar-refractivity contribution < 1.29 is 22.7 Å². The predicted molar refractivity (Wildman–Crippen MR) is 87.7 cm³/mol. The maximum atomic E-state index is 13.0. The van der Waals surface area contributed by atoms with E-state index in [1.165, 1.54) is 25.3 Å². The molecule has 0 saturated carbocycles. The molecule has 0 spiro atoms. The summed E-state index contributed by atoms with van der Waals surface area (Å²) in [5, 5.41) is 0.339. The second kappa shape index (κ2) is 5.93. The molecule has 0 atom stereocenters. The largest absolute Gasteiger partial charge is 0.465 e. The molecule has 24 heavy (non-hydrogen) atoms. The first-order valence-electron chi connectivity index (χ1n) is 7.00. The van der Waals surface area contributed by atoms with Gasteiger partial charge >= 0.3 is 5.97 Å². The Kier molecular flexibility index (Phi) is 3.94. The molecule has 3 aromatic rings. The third-order valence-corrected chi connectivity index (χ3v) is 5.39. The zero-order valence-electron chi connectivity index (χ0n) is 12.7. The molecule has 0 fully saturated rings. The summed E-state index contributed by atoms with van der Waals surface area (Å²) in [6.07, 6.45) is 0.354. The molecule has 0 unspecified atom stereocenters. The van der Waals surface area contributed by atoms with Gasteiger partial charge in [-0.1, -0.05) is 36.4 Å². The van der Waals surface area contributed by atoms with Crippen LogP contribution in [0.4, 0.5) is 0 Å². The number of para-hydroxylation sites is 1. The molecular weight excluding hydrogens is 330 g/mol. The van der Waals surface area contributed by atoms with Crippen LogP contribution >= 0.6 is 0 Å². The van der Waals surface area contributed by atoms with Crippen LogP contribution in [-0.4, -0.2) is 31.8 Å². The third-order valence-electron chi connectivity index (χ3n) is 3.65. The highest BCUT2D eigenvalue weighted by Gasteiger charge is 2.29. The molecule has 6 nitrogen and oxygen atoms in total. The summed E-state index contributed by atoms with van der Waals surface area (Å²) in [5.41, 5.74) is -0.0848. The van der Waals surface area contributed by atoms with Gasteiger partial charge in [0.15, 0.2) is 6.29 Å². The molecule has 1 heterocycles. The number of carbonyl (C=O) groups excluding carboxylic acids is 2. The van der Waals surface area contributed by atoms with E-state index in [1.54, 1.807) is 36.4 Å². The minimum Gasteiger partial charge on any atom is -0.465 e. The van der Waals surface area contributed by atoms with Gasteiger partial charge < -0.3 is 4.74 Å². The number of hydrogen-bond donors (Lipinski definition) is 0. The summed E-state index contributed by atoms with van der Waals surface area (Å²) in [4.78, 5) is 23.7. The van der Waals surface area contributed by atoms with Crippen LogP contribution in [-0.2, 0) is 14.8 Å². The lowest BCUT2D eigenvalue weighted by atomic mass is 10.1. The summed E-state index contributed by atoms with van der Waals surface area (Å²) in [6, 6.07) is 14.1. The first-order valence-corrected chi connectivity index (χ1v) is 8.44. The minimum absolute atomic E-state index is 0.0188. The van der Waals surface area contributed by atoms with E-state index >= 15 is 0 Å². The van der Waals surface area contributed by atoms with Gasteiger partial charge in [-0.3, -0.25) is 4.79 Å². The topological polar surface area (TPSA) is 82.4 Å². The van der Waals surface area contributed by atoms with Gasteiger partial charge in [-0.25, -0.2) is 17.2 Å². The molecule has 0 N–H and O–H groups in total. The molecule has 0 aliphatic carbocycles. The van der Waals surface area contributed by atoms with Crippen molar-refractivity contribution in [1.29, 1.82) is 0 Å². The molecule has 0 aliphatic heterocycles. The van der Waals surface area contributed by atoms with Crippen molar-refractivity contribution >= 4 is 33.2 Å². The van der Waals surface area contributed by atoms with Crippen LogP contribution in [0, 0.1) is 0 Å². The third kappa shape index (κ3) is 2.30. The lowest BCUT2D eigenvalue weighted by molar-refractivity contribution is 0.0600. The fourth-order valence-corrected chi connectivity index (χ4v) is 4.13. The zero-order valence-corrected chi connectivity index (χ0v) is 13.5. The smallest absolute Gasteiger partial charge is 0.340 e. The molecule has 0 saturated heterocycles. The van der Waals surface area contributed by atoms with Crippen molar-refractivity contribution in [2.75, 3.05) is 7.11 Å². The highest BCUT2D eigenvalue weighted by molar-refractivity contribution is 7.90. The Morgan fingerprint density at radius 3 is 2.29 bits per heavy atom. The Balaban J connectivity index is 2.45. The maximum absolute atomic E-state index is 13.0. The lowest BCUT2D eigenvalue weighted by Gasteiger charge is -2.09. The van der Waals surface area contributed by atoms with Crippen LogP contribution in [0.5, 0.6) is 0 Å². The van der Waals surface area contributed by atoms with E-state index in [0.717, 1.165) is 3.97 Å². The number of benzene rings is 2. The van der Waals surface area contributed by atoms with Gasteiger partial charge in [-0.15, -0.1) is 0 Å². The number of aromatic nitrogens is 1. The molecule has 0 bridgehead atoms. The number of nitrogens with zero attached hydrogens (tertiary/aromatic N) is 1. The van der Waals surface area contributed by atoms with Crippen LogP contribution < -0.4 is 0 Å². The zero-order chi connectivity index (χ0) is 17.3. The van der Waals surface area contributed by atoms with Gasteiger partial charge in [-0.05, 0) is 18.2 Å². The van der Waals surface area contributed by atoms with Gasteiger partial charge in [0.05, 0.1) is 23.1 Å². The number of ether oxygens (including phenoxy) is 1. The number of hydrogen-bond acceptors (Lipinski definition) is 5. The van der Waals surface area contributed by atoms with E-state index in [0.29, 0.717) is 11.7 Å². The van der Waals surface area contributed by atoms with Crippen LogP contribution in [0.1, 0.15) is 20.8 Å². The molecular formula is C17H13NO5S. The van der Waals surface area contributed by atoms with Crippen LogP contribution in [0.25, 0.3) is 10.9 Å². The van der Waals surface area contributed by atoms with Gasteiger partial charge in [0.25, 0.3) is 10.0 Å². The summed E-state index contributed by atoms with van der Waals surface area (Å²) in [7, 11) is -2.88. The monoisotopic (exact) mass is 343 g/mol. The fourth-order valence-electron chi connectivity index (χ4n) is 2.61. The Morgan fingerprint density at radius 2 is 1.67 bits per heavy atom. The van der Waals surface area contributed by atoms with E-state index in [1.807, 2.05) is 0 Å². The standard InChI is InChI=1S/C17H13NO5S/c1-23-17(20)16-13-9-5-6-10-14(13)18(15(16)11-19)24(21,22)12-7-3-2-4-8-12/h2-11H,1H3. The van der Waals surface area contributed by atoms with Gasteiger partial charge in [0.2, 0.25) is 0 Å². The van der Waals surface area contributed by atoms with Crippen molar-refractivity contribution in [3.8, 4) is 0 Å². The molecule has 2 aromatic carbocycles. The van der Waals surface area contributed by atoms with Crippen molar-refractivity contribution in [1.82, 2.24) is 3.97 Å². The van der Waals surface area contributed by atoms with Gasteiger partial charge in [0, 0.05) is 5.39 Å². The average Bonchev–Trinajstić information content (AvgIpc) is 2.96. The molecule has 1 aromatic heterocycles. The number of fused-ring (bicyclic) bond motifs is 1. The average molecular weight is 343 g/mol. The molecule has 122 valence electrons. The summed E-state index contributed by atoms with van der Waals surface area (Å²) >= 11 is 0. The van der Waals surface area contributed by atoms with E-state index in [-0.39, 0.29) is 21.7 Å². The van der Waals surface area contributed by atoms with Gasteiger partial charge in [-0.2, -0.15) is 0 Å². The summed E-state index contributed by atoms with van der Waals surface area (Å²) in [5.74, 6) is -0.768. The van der Waals surface area contributed by atoms with Gasteiger partial charge in [0.1, 0.15) is 5.69 Å². The maximum Gasteiger partial charge on any atom is 0.340 e. The second-order valence-corrected chi connectivity index (χ2v) is 6.76. The SMILES string of the molecule is COC(=O)c1c(C=O)n(S(=O)(=O)c2ccccc2)c2ccccc12. The first-order chi connectivity index (χ1) is 11.5. The molecule has 0 radical (unpaired) electrons. The van der Waals surface area contributed by atoms with Crippen LogP contribution in [0.3, 0.4) is 0 Å². The highest BCUT2D eigenvalue weighted by atomic mass is 32.2. The fraction of sp³-hybridized carbons (Fsp3) is 0.0588. The number of aldehydes is 1. The number of rotatable bonds is 4. The molecule has 7 heteroatoms. The van der Waals surface area contributed by atoms with E-state index in [2.05, 4.69) is 0 Å². The Hall–Kier alpha value is -2.93. The summed E-state index contributed by atoms with van der Waals surface area (Å²) < 4.78 is 31.6. The van der Waals surface area contributed by atoms with E-state index in [9.17, 15) is 18.0 Å². The second-order valence-electron chi connectivity index (χ2n) is 4.97. The number of esters is 1. The van der Waals surface area contributed by atoms with Crippen molar-refractivity contribution in [3.63, 3.8) is 0 Å². The highest BCUT2D eigenvalue weighted by Crippen LogP contribution is 2.30. The summed E-state index contributed by atoms with van der Waals surface area (Å²) in [6.45, 7) is 0. The Bertz CT molecular complexity index is 1040. The number of carbonyl (C=O) groups is 2. The predicted octanol–water partition coefficient (Wildman–Crippen LogP) is 2.48. The first kappa shape index (κ1) is 15.9.